The van der Waals surface area contributed by atoms with Crippen molar-refractivity contribution in [3.8, 4) is 27.7 Å². The summed E-state index contributed by atoms with van der Waals surface area (Å²) < 4.78 is 13.5. The van der Waals surface area contributed by atoms with Crippen LogP contribution in [-0.2, 0) is 6.61 Å². The van der Waals surface area contributed by atoms with Gasteiger partial charge in [-0.2, -0.15) is 0 Å². The molecule has 3 aromatic carbocycles. The average molecular weight is 410 g/mol. The molecular formula is C26H19NO2S. The molecule has 0 fully saturated rings. The van der Waals surface area contributed by atoms with Gasteiger partial charge in [0.1, 0.15) is 12.4 Å². The maximum atomic E-state index is 6.20. The summed E-state index contributed by atoms with van der Waals surface area (Å²) in [5, 5.41) is 1.81. The highest BCUT2D eigenvalue weighted by atomic mass is 32.1. The molecule has 0 radical (unpaired) electrons. The number of pyridine rings is 1. The second-order valence-electron chi connectivity index (χ2n) is 6.86. The van der Waals surface area contributed by atoms with Crippen molar-refractivity contribution < 1.29 is 9.47 Å². The summed E-state index contributed by atoms with van der Waals surface area (Å²) in [4.78, 5) is 4.14. The third kappa shape index (κ3) is 3.91. The van der Waals surface area contributed by atoms with Crippen molar-refractivity contribution in [2.45, 2.75) is 6.61 Å². The Balaban J connectivity index is 1.38. The number of benzene rings is 3. The Kier molecular flexibility index (Phi) is 5.15. The van der Waals surface area contributed by atoms with Gasteiger partial charge in [-0.25, -0.2) is 0 Å². The number of hydrogen-bond donors (Lipinski definition) is 0. The van der Waals surface area contributed by atoms with E-state index in [2.05, 4.69) is 65.6 Å². The van der Waals surface area contributed by atoms with Crippen LogP contribution in [0.5, 0.6) is 16.6 Å². The molecule has 3 nitrogen and oxygen atoms in total. The van der Waals surface area contributed by atoms with Crippen molar-refractivity contribution in [3.05, 3.63) is 109 Å². The molecule has 4 heteroatoms. The van der Waals surface area contributed by atoms with Gasteiger partial charge in [-0.15, -0.1) is 0 Å². The van der Waals surface area contributed by atoms with E-state index in [1.165, 1.54) is 11.1 Å². The van der Waals surface area contributed by atoms with E-state index in [9.17, 15) is 0 Å². The van der Waals surface area contributed by atoms with Gasteiger partial charge in [-0.05, 0) is 41.0 Å². The van der Waals surface area contributed by atoms with Gasteiger partial charge in [-0.1, -0.05) is 78.1 Å². The largest absolute Gasteiger partial charge is 0.476 e. The van der Waals surface area contributed by atoms with E-state index in [-0.39, 0.29) is 0 Å². The molecule has 0 amide bonds. The average Bonchev–Trinajstić information content (AvgIpc) is 3.17. The Morgan fingerprint density at radius 2 is 1.50 bits per heavy atom. The van der Waals surface area contributed by atoms with Crippen LogP contribution in [0.2, 0.25) is 0 Å². The van der Waals surface area contributed by atoms with Gasteiger partial charge in [0.2, 0.25) is 5.06 Å². The first-order chi connectivity index (χ1) is 14.9. The Morgan fingerprint density at radius 3 is 2.30 bits per heavy atom. The van der Waals surface area contributed by atoms with Crippen LogP contribution in [0.3, 0.4) is 0 Å². The Bertz CT molecular complexity index is 1250. The van der Waals surface area contributed by atoms with Crippen LogP contribution in [0.15, 0.2) is 103 Å². The molecule has 5 rings (SSSR count). The van der Waals surface area contributed by atoms with Crippen molar-refractivity contribution in [2.24, 2.45) is 0 Å². The molecule has 30 heavy (non-hydrogen) atoms. The number of nitrogens with zero attached hydrogens (tertiary/aromatic N) is 1. The Morgan fingerprint density at radius 1 is 0.733 bits per heavy atom. The van der Waals surface area contributed by atoms with Gasteiger partial charge in [0.25, 0.3) is 0 Å². The summed E-state index contributed by atoms with van der Waals surface area (Å²) in [7, 11) is 0. The van der Waals surface area contributed by atoms with E-state index in [1.807, 2.05) is 30.3 Å². The molecule has 0 saturated heterocycles. The summed E-state index contributed by atoms with van der Waals surface area (Å²) >= 11 is 1.59. The molecule has 0 unspecified atom stereocenters. The van der Waals surface area contributed by atoms with Crippen LogP contribution < -0.4 is 9.47 Å². The zero-order valence-corrected chi connectivity index (χ0v) is 17.0. The Hall–Kier alpha value is -3.63. The van der Waals surface area contributed by atoms with Gasteiger partial charge in [0, 0.05) is 16.3 Å². The lowest BCUT2D eigenvalue weighted by atomic mass is 10.0. The van der Waals surface area contributed by atoms with Crippen LogP contribution in [-0.4, -0.2) is 4.98 Å². The van der Waals surface area contributed by atoms with Gasteiger partial charge in [-0.3, -0.25) is 4.98 Å². The zero-order chi connectivity index (χ0) is 20.2. The quantitative estimate of drug-likeness (QED) is 0.294. The number of fused-ring (bicyclic) bond motifs is 1. The molecule has 0 bridgehead atoms. The molecular weight excluding hydrogens is 390 g/mol. The SMILES string of the molecule is c1ccc(-c2ccc(COc3sc4ccccc4c3Oc3cccnc3)cc2)cc1. The lowest BCUT2D eigenvalue weighted by Crippen LogP contribution is -1.95. The van der Waals surface area contributed by atoms with Crippen LogP contribution in [0, 0.1) is 0 Å². The van der Waals surface area contributed by atoms with Crippen LogP contribution in [0.25, 0.3) is 21.2 Å². The second-order valence-corrected chi connectivity index (χ2v) is 7.87. The summed E-state index contributed by atoms with van der Waals surface area (Å²) in [6.45, 7) is 0.477. The van der Waals surface area contributed by atoms with Crippen molar-refractivity contribution in [1.82, 2.24) is 4.98 Å². The highest BCUT2D eigenvalue weighted by molar-refractivity contribution is 7.21. The first kappa shape index (κ1) is 18.4. The number of thiophene rings is 1. The summed E-state index contributed by atoms with van der Waals surface area (Å²) in [5.74, 6) is 1.43. The molecule has 0 N–H and O–H groups in total. The van der Waals surface area contributed by atoms with Gasteiger partial charge < -0.3 is 9.47 Å². The lowest BCUT2D eigenvalue weighted by molar-refractivity contribution is 0.302. The summed E-state index contributed by atoms with van der Waals surface area (Å²) in [6, 6.07) is 30.8. The fraction of sp³-hybridized carbons (Fsp3) is 0.0385. The highest BCUT2D eigenvalue weighted by Crippen LogP contribution is 2.46. The van der Waals surface area contributed by atoms with Gasteiger partial charge in [0.05, 0.1) is 6.20 Å². The molecule has 2 aromatic heterocycles. The minimum atomic E-state index is 0.477. The Labute approximate surface area is 179 Å². The molecule has 0 aliphatic carbocycles. The van der Waals surface area contributed by atoms with Crippen LogP contribution in [0.4, 0.5) is 0 Å². The lowest BCUT2D eigenvalue weighted by Gasteiger charge is -2.09. The monoisotopic (exact) mass is 409 g/mol. The third-order valence-corrected chi connectivity index (χ3v) is 5.87. The van der Waals surface area contributed by atoms with Gasteiger partial charge in [0.15, 0.2) is 5.75 Å². The molecule has 146 valence electrons. The van der Waals surface area contributed by atoms with Crippen molar-refractivity contribution in [1.29, 1.82) is 0 Å². The smallest absolute Gasteiger partial charge is 0.219 e. The normalized spacial score (nSPS) is 10.8. The standard InChI is InChI=1S/C26H19NO2S/c1-2-7-20(8-3-1)21-14-12-19(13-15-21)18-28-26-25(29-22-9-6-16-27-17-22)23-10-4-5-11-24(23)30-26/h1-17H,18H2. The van der Waals surface area contributed by atoms with Crippen molar-refractivity contribution in [2.75, 3.05) is 0 Å². The fourth-order valence-corrected chi connectivity index (χ4v) is 4.27. The predicted octanol–water partition coefficient (Wildman–Crippen LogP) is 7.33. The molecule has 0 atom stereocenters. The maximum Gasteiger partial charge on any atom is 0.219 e. The van der Waals surface area contributed by atoms with E-state index in [1.54, 1.807) is 23.7 Å². The summed E-state index contributed by atoms with van der Waals surface area (Å²) in [6.07, 6.45) is 3.44. The van der Waals surface area contributed by atoms with E-state index in [4.69, 9.17) is 9.47 Å². The molecule has 0 aliphatic rings. The number of rotatable bonds is 6. The number of ether oxygens (including phenoxy) is 2. The van der Waals surface area contributed by atoms with Crippen molar-refractivity contribution >= 4 is 21.4 Å². The van der Waals surface area contributed by atoms with E-state index in [0.717, 1.165) is 26.5 Å². The molecule has 0 aliphatic heterocycles. The summed E-state index contributed by atoms with van der Waals surface area (Å²) in [5.41, 5.74) is 3.52. The van der Waals surface area contributed by atoms with Gasteiger partial charge >= 0.3 is 0 Å². The molecule has 0 saturated carbocycles. The fourth-order valence-electron chi connectivity index (χ4n) is 3.29. The minimum Gasteiger partial charge on any atom is -0.476 e. The van der Waals surface area contributed by atoms with Crippen LogP contribution in [0.1, 0.15) is 5.56 Å². The second kappa shape index (κ2) is 8.39. The molecule has 2 heterocycles. The van der Waals surface area contributed by atoms with Crippen molar-refractivity contribution in [3.63, 3.8) is 0 Å². The third-order valence-electron chi connectivity index (χ3n) is 4.81. The number of hydrogen-bond acceptors (Lipinski definition) is 4. The number of aromatic nitrogens is 1. The predicted molar refractivity (Wildman–Crippen MR) is 122 cm³/mol. The topological polar surface area (TPSA) is 31.4 Å². The highest BCUT2D eigenvalue weighted by Gasteiger charge is 2.16. The molecule has 0 spiro atoms. The first-order valence-electron chi connectivity index (χ1n) is 9.73. The van der Waals surface area contributed by atoms with Crippen LogP contribution >= 0.6 is 11.3 Å². The van der Waals surface area contributed by atoms with E-state index >= 15 is 0 Å². The first-order valence-corrected chi connectivity index (χ1v) is 10.5. The van der Waals surface area contributed by atoms with E-state index < -0.39 is 0 Å². The minimum absolute atomic E-state index is 0.477. The van der Waals surface area contributed by atoms with E-state index in [0.29, 0.717) is 12.4 Å². The maximum absolute atomic E-state index is 6.20. The zero-order valence-electron chi connectivity index (χ0n) is 16.2. The molecule has 5 aromatic rings.